The summed E-state index contributed by atoms with van der Waals surface area (Å²) in [6.07, 6.45) is 1.70. The first-order valence-electron chi connectivity index (χ1n) is 6.47. The summed E-state index contributed by atoms with van der Waals surface area (Å²) in [5.41, 5.74) is 4.10. The fourth-order valence-corrected chi connectivity index (χ4v) is 2.75. The summed E-state index contributed by atoms with van der Waals surface area (Å²) >= 11 is 1.57. The van der Waals surface area contributed by atoms with Crippen molar-refractivity contribution in [1.29, 1.82) is 0 Å². The third-order valence-corrected chi connectivity index (χ3v) is 4.04. The van der Waals surface area contributed by atoms with Gasteiger partial charge in [0.1, 0.15) is 0 Å². The summed E-state index contributed by atoms with van der Waals surface area (Å²) < 4.78 is 0. The Labute approximate surface area is 123 Å². The van der Waals surface area contributed by atoms with Crippen molar-refractivity contribution in [2.75, 3.05) is 11.1 Å². The Morgan fingerprint density at radius 2 is 2.00 bits per heavy atom. The van der Waals surface area contributed by atoms with Crippen molar-refractivity contribution in [3.05, 3.63) is 53.3 Å². The van der Waals surface area contributed by atoms with E-state index in [0.717, 1.165) is 16.3 Å². The summed E-state index contributed by atoms with van der Waals surface area (Å²) in [4.78, 5) is 17.2. The van der Waals surface area contributed by atoms with E-state index in [4.69, 9.17) is 0 Å². The molecule has 0 saturated heterocycles. The second kappa shape index (κ2) is 6.57. The van der Waals surface area contributed by atoms with Crippen LogP contribution in [-0.4, -0.2) is 16.6 Å². The van der Waals surface area contributed by atoms with Crippen LogP contribution < -0.4 is 5.32 Å². The van der Waals surface area contributed by atoms with Gasteiger partial charge in [0.2, 0.25) is 5.91 Å². The van der Waals surface area contributed by atoms with Gasteiger partial charge < -0.3 is 5.32 Å². The Hall–Kier alpha value is -1.81. The molecule has 0 fully saturated rings. The lowest BCUT2D eigenvalue weighted by Gasteiger charge is -2.08. The molecule has 1 N–H and O–H groups in total. The normalized spacial score (nSPS) is 10.3. The van der Waals surface area contributed by atoms with Gasteiger partial charge in [-0.15, -0.1) is 11.8 Å². The van der Waals surface area contributed by atoms with Crippen molar-refractivity contribution in [3.63, 3.8) is 0 Å². The smallest absolute Gasteiger partial charge is 0.234 e. The maximum atomic E-state index is 11.9. The molecule has 0 aliphatic heterocycles. The van der Waals surface area contributed by atoms with E-state index in [0.29, 0.717) is 5.75 Å². The molecule has 1 aromatic heterocycles. The Balaban J connectivity index is 1.94. The second-order valence-electron chi connectivity index (χ2n) is 4.79. The van der Waals surface area contributed by atoms with Crippen LogP contribution in [0.4, 0.5) is 5.69 Å². The maximum absolute atomic E-state index is 11.9. The number of aryl methyl sites for hydroxylation is 3. The molecule has 1 heterocycles. The first-order valence-corrected chi connectivity index (χ1v) is 7.46. The number of aromatic nitrogens is 1. The molecule has 2 rings (SSSR count). The number of carbonyl (C=O) groups is 1. The highest BCUT2D eigenvalue weighted by Crippen LogP contribution is 2.23. The zero-order valence-corrected chi connectivity index (χ0v) is 12.8. The van der Waals surface area contributed by atoms with Crippen LogP contribution in [0.2, 0.25) is 0 Å². The summed E-state index contributed by atoms with van der Waals surface area (Å²) in [5.74, 6) is 0.410. The molecule has 0 radical (unpaired) electrons. The summed E-state index contributed by atoms with van der Waals surface area (Å²) in [6, 6.07) is 9.94. The van der Waals surface area contributed by atoms with Crippen molar-refractivity contribution in [3.8, 4) is 0 Å². The van der Waals surface area contributed by atoms with Crippen LogP contribution in [0.15, 0.2) is 41.4 Å². The second-order valence-corrected chi connectivity index (χ2v) is 5.81. The Kier molecular flexibility index (Phi) is 4.79. The van der Waals surface area contributed by atoms with Gasteiger partial charge >= 0.3 is 0 Å². The van der Waals surface area contributed by atoms with Gasteiger partial charge in [0.05, 0.1) is 5.75 Å². The molecule has 0 aliphatic carbocycles. The number of hydrogen-bond donors (Lipinski definition) is 1. The first kappa shape index (κ1) is 14.6. The van der Waals surface area contributed by atoms with Gasteiger partial charge in [-0.3, -0.25) is 9.78 Å². The summed E-state index contributed by atoms with van der Waals surface area (Å²) in [6.45, 7) is 6.02. The number of carbonyl (C=O) groups excluding carboxylic acids is 1. The van der Waals surface area contributed by atoms with Crippen molar-refractivity contribution in [2.45, 2.75) is 25.7 Å². The molecule has 0 saturated carbocycles. The van der Waals surface area contributed by atoms with Gasteiger partial charge in [-0.1, -0.05) is 17.7 Å². The molecule has 0 unspecified atom stereocenters. The van der Waals surface area contributed by atoms with Crippen LogP contribution in [0.3, 0.4) is 0 Å². The number of nitrogens with zero attached hydrogens (tertiary/aromatic N) is 1. The highest BCUT2D eigenvalue weighted by molar-refractivity contribution is 8.00. The molecule has 0 aliphatic rings. The highest BCUT2D eigenvalue weighted by atomic mass is 32.2. The third kappa shape index (κ3) is 4.10. The number of benzene rings is 1. The summed E-state index contributed by atoms with van der Waals surface area (Å²) in [7, 11) is 0. The first-order chi connectivity index (χ1) is 9.54. The molecule has 4 heteroatoms. The molecule has 3 nitrogen and oxygen atoms in total. The lowest BCUT2D eigenvalue weighted by molar-refractivity contribution is -0.113. The molecule has 1 aromatic carbocycles. The zero-order valence-electron chi connectivity index (χ0n) is 11.9. The molecule has 0 bridgehead atoms. The number of amides is 1. The van der Waals surface area contributed by atoms with E-state index >= 15 is 0 Å². The summed E-state index contributed by atoms with van der Waals surface area (Å²) in [5, 5.41) is 2.89. The predicted octanol–water partition coefficient (Wildman–Crippen LogP) is 3.74. The van der Waals surface area contributed by atoms with E-state index in [2.05, 4.69) is 42.3 Å². The highest BCUT2D eigenvalue weighted by Gasteiger charge is 2.06. The average Bonchev–Trinajstić information content (AvgIpc) is 2.40. The van der Waals surface area contributed by atoms with Crippen LogP contribution in [0.1, 0.15) is 16.8 Å². The topological polar surface area (TPSA) is 42.0 Å². The molecule has 0 atom stereocenters. The van der Waals surface area contributed by atoms with Crippen molar-refractivity contribution in [2.24, 2.45) is 0 Å². The fourth-order valence-electron chi connectivity index (χ4n) is 1.83. The number of pyridine rings is 1. The largest absolute Gasteiger partial charge is 0.325 e. The van der Waals surface area contributed by atoms with E-state index in [1.165, 1.54) is 11.1 Å². The fraction of sp³-hybridized carbons (Fsp3) is 0.250. The van der Waals surface area contributed by atoms with E-state index in [1.807, 2.05) is 13.0 Å². The molecule has 2 aromatic rings. The van der Waals surface area contributed by atoms with Gasteiger partial charge in [0, 0.05) is 22.5 Å². The molecular formula is C16H18N2OS. The van der Waals surface area contributed by atoms with Crippen molar-refractivity contribution < 1.29 is 4.79 Å². The zero-order chi connectivity index (χ0) is 14.5. The minimum absolute atomic E-state index is 0.00139. The van der Waals surface area contributed by atoms with Crippen LogP contribution in [-0.2, 0) is 4.79 Å². The van der Waals surface area contributed by atoms with Gasteiger partial charge in [-0.05, 0) is 44.5 Å². The van der Waals surface area contributed by atoms with Gasteiger partial charge in [-0.2, -0.15) is 0 Å². The Morgan fingerprint density at radius 1 is 1.20 bits per heavy atom. The predicted molar refractivity (Wildman–Crippen MR) is 84.2 cm³/mol. The minimum Gasteiger partial charge on any atom is -0.325 e. The van der Waals surface area contributed by atoms with E-state index < -0.39 is 0 Å². The molecule has 0 spiro atoms. The van der Waals surface area contributed by atoms with Gasteiger partial charge in [-0.25, -0.2) is 0 Å². The number of anilines is 1. The lowest BCUT2D eigenvalue weighted by Crippen LogP contribution is -2.14. The van der Waals surface area contributed by atoms with Crippen LogP contribution in [0.5, 0.6) is 0 Å². The minimum atomic E-state index is 0.00139. The molecular weight excluding hydrogens is 268 g/mol. The number of nitrogens with one attached hydrogen (secondary N) is 1. The maximum Gasteiger partial charge on any atom is 0.234 e. The Morgan fingerprint density at radius 3 is 2.75 bits per heavy atom. The molecule has 104 valence electrons. The lowest BCUT2D eigenvalue weighted by atomic mass is 10.2. The SMILES string of the molecule is Cc1ccc(C)c(SCC(=O)Nc2ccnc(C)c2)c1. The van der Waals surface area contributed by atoms with E-state index in [9.17, 15) is 4.79 Å². The van der Waals surface area contributed by atoms with E-state index in [-0.39, 0.29) is 5.91 Å². The van der Waals surface area contributed by atoms with Gasteiger partial charge in [0.15, 0.2) is 0 Å². The Bertz CT molecular complexity index is 626. The van der Waals surface area contributed by atoms with Crippen LogP contribution in [0, 0.1) is 20.8 Å². The monoisotopic (exact) mass is 286 g/mol. The van der Waals surface area contributed by atoms with E-state index in [1.54, 1.807) is 24.0 Å². The molecule has 20 heavy (non-hydrogen) atoms. The third-order valence-electron chi connectivity index (χ3n) is 2.88. The molecule has 1 amide bonds. The van der Waals surface area contributed by atoms with Crippen molar-refractivity contribution in [1.82, 2.24) is 4.98 Å². The average molecular weight is 286 g/mol. The van der Waals surface area contributed by atoms with Crippen LogP contribution in [0.25, 0.3) is 0 Å². The van der Waals surface area contributed by atoms with Crippen LogP contribution >= 0.6 is 11.8 Å². The van der Waals surface area contributed by atoms with Crippen molar-refractivity contribution >= 4 is 23.4 Å². The number of hydrogen-bond acceptors (Lipinski definition) is 3. The van der Waals surface area contributed by atoms with Gasteiger partial charge in [0.25, 0.3) is 0 Å². The standard InChI is InChI=1S/C16H18N2OS/c1-11-4-5-12(2)15(8-11)20-10-16(19)18-14-6-7-17-13(3)9-14/h4-9H,10H2,1-3H3,(H,17,18,19). The number of rotatable bonds is 4. The number of thioether (sulfide) groups is 1. The quantitative estimate of drug-likeness (QED) is 0.871.